The van der Waals surface area contributed by atoms with Crippen LogP contribution in [0.25, 0.3) is 21.8 Å². The van der Waals surface area contributed by atoms with Crippen LogP contribution in [-0.4, -0.2) is 11.8 Å². The van der Waals surface area contributed by atoms with Crippen molar-refractivity contribution in [2.24, 2.45) is 0 Å². The lowest BCUT2D eigenvalue weighted by atomic mass is 10.1. The van der Waals surface area contributed by atoms with E-state index in [2.05, 4.69) is 4.98 Å². The van der Waals surface area contributed by atoms with Gasteiger partial charge in [-0.3, -0.25) is 0 Å². The number of halogens is 1. The third-order valence-electron chi connectivity index (χ3n) is 3.26. The molecule has 21 heavy (non-hydrogen) atoms. The molecular formula is C16H10FNO2S. The lowest BCUT2D eigenvalue weighted by Crippen LogP contribution is -1.92. The highest BCUT2D eigenvalue weighted by molar-refractivity contribution is 7.13. The highest BCUT2D eigenvalue weighted by Crippen LogP contribution is 2.37. The van der Waals surface area contributed by atoms with E-state index < -0.39 is 0 Å². The number of thiazole rings is 1. The van der Waals surface area contributed by atoms with Gasteiger partial charge in [0.15, 0.2) is 11.5 Å². The molecule has 0 saturated carbocycles. The van der Waals surface area contributed by atoms with Gasteiger partial charge in [0.2, 0.25) is 6.79 Å². The van der Waals surface area contributed by atoms with E-state index in [-0.39, 0.29) is 12.6 Å². The Kier molecular flexibility index (Phi) is 2.86. The molecule has 0 saturated heterocycles. The molecule has 0 unspecified atom stereocenters. The number of hydrogen-bond donors (Lipinski definition) is 0. The summed E-state index contributed by atoms with van der Waals surface area (Å²) in [6, 6.07) is 12.1. The van der Waals surface area contributed by atoms with Crippen LogP contribution in [0.2, 0.25) is 0 Å². The van der Waals surface area contributed by atoms with Gasteiger partial charge in [-0.25, -0.2) is 9.37 Å². The van der Waals surface area contributed by atoms with Crippen LogP contribution in [0.5, 0.6) is 11.5 Å². The number of aromatic nitrogens is 1. The zero-order valence-corrected chi connectivity index (χ0v) is 11.7. The maximum Gasteiger partial charge on any atom is 0.231 e. The molecule has 0 amide bonds. The Hall–Kier alpha value is -2.40. The molecule has 3 nitrogen and oxygen atoms in total. The summed E-state index contributed by atoms with van der Waals surface area (Å²) in [5.41, 5.74) is 2.76. The molecule has 1 aliphatic rings. The summed E-state index contributed by atoms with van der Waals surface area (Å²) in [6.45, 7) is 0.261. The van der Waals surface area contributed by atoms with Gasteiger partial charge in [-0.05, 0) is 42.5 Å². The molecule has 0 N–H and O–H groups in total. The molecule has 5 heteroatoms. The highest BCUT2D eigenvalue weighted by Gasteiger charge is 2.15. The van der Waals surface area contributed by atoms with Crippen molar-refractivity contribution in [3.05, 3.63) is 53.7 Å². The quantitative estimate of drug-likeness (QED) is 0.705. The second kappa shape index (κ2) is 4.86. The SMILES string of the molecule is Fc1ccc(-c2nc(-c3ccc4c(c3)OCO4)cs2)cc1. The van der Waals surface area contributed by atoms with E-state index in [9.17, 15) is 4.39 Å². The van der Waals surface area contributed by atoms with E-state index in [0.29, 0.717) is 0 Å². The zero-order valence-electron chi connectivity index (χ0n) is 10.9. The van der Waals surface area contributed by atoms with Crippen molar-refractivity contribution in [1.82, 2.24) is 4.98 Å². The Balaban J connectivity index is 1.69. The van der Waals surface area contributed by atoms with Crippen molar-refractivity contribution >= 4 is 11.3 Å². The minimum Gasteiger partial charge on any atom is -0.454 e. The van der Waals surface area contributed by atoms with E-state index in [4.69, 9.17) is 9.47 Å². The van der Waals surface area contributed by atoms with Crippen molar-refractivity contribution in [3.8, 4) is 33.3 Å². The molecule has 104 valence electrons. The molecule has 0 atom stereocenters. The van der Waals surface area contributed by atoms with E-state index in [1.165, 1.54) is 23.5 Å². The third-order valence-corrected chi connectivity index (χ3v) is 4.16. The summed E-state index contributed by atoms with van der Waals surface area (Å²) in [5, 5.41) is 2.85. The second-order valence-electron chi connectivity index (χ2n) is 4.61. The fourth-order valence-electron chi connectivity index (χ4n) is 2.19. The number of fused-ring (bicyclic) bond motifs is 1. The maximum absolute atomic E-state index is 13.0. The Bertz CT molecular complexity index is 798. The van der Waals surface area contributed by atoms with Gasteiger partial charge in [-0.2, -0.15) is 0 Å². The van der Waals surface area contributed by atoms with Crippen molar-refractivity contribution in [2.45, 2.75) is 0 Å². The Morgan fingerprint density at radius 3 is 2.57 bits per heavy atom. The Labute approximate surface area is 124 Å². The van der Waals surface area contributed by atoms with Crippen LogP contribution in [0.3, 0.4) is 0 Å². The summed E-state index contributed by atoms with van der Waals surface area (Å²) < 4.78 is 23.6. The van der Waals surface area contributed by atoms with Crippen molar-refractivity contribution in [3.63, 3.8) is 0 Å². The molecule has 3 aromatic rings. The monoisotopic (exact) mass is 299 g/mol. The van der Waals surface area contributed by atoms with E-state index >= 15 is 0 Å². The standard InChI is InChI=1S/C16H10FNO2S/c17-12-4-1-10(2-5-12)16-18-13(8-21-16)11-3-6-14-15(7-11)20-9-19-14/h1-8H,9H2. The second-order valence-corrected chi connectivity index (χ2v) is 5.47. The van der Waals surface area contributed by atoms with Gasteiger partial charge >= 0.3 is 0 Å². The molecule has 0 spiro atoms. The largest absolute Gasteiger partial charge is 0.454 e. The summed E-state index contributed by atoms with van der Waals surface area (Å²) >= 11 is 1.53. The van der Waals surface area contributed by atoms with Gasteiger partial charge in [0.1, 0.15) is 10.8 Å². The van der Waals surface area contributed by atoms with Gasteiger partial charge in [0.05, 0.1) is 5.69 Å². The van der Waals surface area contributed by atoms with Crippen LogP contribution in [-0.2, 0) is 0 Å². The molecule has 4 rings (SSSR count). The predicted molar refractivity (Wildman–Crippen MR) is 79.1 cm³/mol. The average molecular weight is 299 g/mol. The molecule has 0 fully saturated rings. The third kappa shape index (κ3) is 2.25. The van der Waals surface area contributed by atoms with Gasteiger partial charge in [-0.1, -0.05) is 0 Å². The first-order valence-electron chi connectivity index (χ1n) is 6.41. The van der Waals surface area contributed by atoms with Crippen LogP contribution >= 0.6 is 11.3 Å². The first-order valence-corrected chi connectivity index (χ1v) is 7.29. The Morgan fingerprint density at radius 1 is 0.952 bits per heavy atom. The predicted octanol–water partition coefficient (Wildman–Crippen LogP) is 4.34. The zero-order chi connectivity index (χ0) is 14.2. The van der Waals surface area contributed by atoms with E-state index in [1.807, 2.05) is 23.6 Å². The Morgan fingerprint density at radius 2 is 1.71 bits per heavy atom. The van der Waals surface area contributed by atoms with Gasteiger partial charge in [-0.15, -0.1) is 11.3 Å². The minimum atomic E-state index is -0.244. The van der Waals surface area contributed by atoms with E-state index in [0.717, 1.165) is 33.3 Å². The molecule has 1 aliphatic heterocycles. The van der Waals surface area contributed by atoms with E-state index in [1.54, 1.807) is 12.1 Å². The molecule has 0 radical (unpaired) electrons. The number of rotatable bonds is 2. The fraction of sp³-hybridized carbons (Fsp3) is 0.0625. The first-order chi connectivity index (χ1) is 10.3. The molecule has 2 heterocycles. The molecule has 0 aliphatic carbocycles. The van der Waals surface area contributed by atoms with Crippen molar-refractivity contribution in [1.29, 1.82) is 0 Å². The summed E-state index contributed by atoms with van der Waals surface area (Å²) in [6.07, 6.45) is 0. The first kappa shape index (κ1) is 12.3. The van der Waals surface area contributed by atoms with Gasteiger partial charge < -0.3 is 9.47 Å². The van der Waals surface area contributed by atoms with Gasteiger partial charge in [0, 0.05) is 16.5 Å². The maximum atomic E-state index is 13.0. The summed E-state index contributed by atoms with van der Waals surface area (Å²) in [4.78, 5) is 4.61. The minimum absolute atomic E-state index is 0.244. The smallest absolute Gasteiger partial charge is 0.231 e. The normalized spacial score (nSPS) is 12.6. The van der Waals surface area contributed by atoms with Crippen LogP contribution in [0.15, 0.2) is 47.8 Å². The van der Waals surface area contributed by atoms with Crippen LogP contribution in [0, 0.1) is 5.82 Å². The number of nitrogens with zero attached hydrogens (tertiary/aromatic N) is 1. The highest BCUT2D eigenvalue weighted by atomic mass is 32.1. The van der Waals surface area contributed by atoms with Crippen LogP contribution in [0.1, 0.15) is 0 Å². The number of hydrogen-bond acceptors (Lipinski definition) is 4. The van der Waals surface area contributed by atoms with Gasteiger partial charge in [0.25, 0.3) is 0 Å². The summed E-state index contributed by atoms with van der Waals surface area (Å²) in [5.74, 6) is 1.25. The molecule has 1 aromatic heterocycles. The average Bonchev–Trinajstić information content (AvgIpc) is 3.16. The lowest BCUT2D eigenvalue weighted by molar-refractivity contribution is 0.174. The molecular weight excluding hydrogens is 289 g/mol. The summed E-state index contributed by atoms with van der Waals surface area (Å²) in [7, 11) is 0. The van der Waals surface area contributed by atoms with Crippen LogP contribution < -0.4 is 9.47 Å². The molecule has 2 aromatic carbocycles. The lowest BCUT2D eigenvalue weighted by Gasteiger charge is -1.99. The van der Waals surface area contributed by atoms with Crippen LogP contribution in [0.4, 0.5) is 4.39 Å². The topological polar surface area (TPSA) is 31.4 Å². The molecule has 0 bridgehead atoms. The number of benzene rings is 2. The van der Waals surface area contributed by atoms with Crippen molar-refractivity contribution in [2.75, 3.05) is 6.79 Å². The number of ether oxygens (including phenoxy) is 2. The van der Waals surface area contributed by atoms with Crippen molar-refractivity contribution < 1.29 is 13.9 Å². The fourth-order valence-corrected chi connectivity index (χ4v) is 3.02.